The zero-order valence-corrected chi connectivity index (χ0v) is 41.6. The molecule has 0 radical (unpaired) electrons. The van der Waals surface area contributed by atoms with E-state index < -0.39 is 122 Å². The second kappa shape index (κ2) is 23.3. The van der Waals surface area contributed by atoms with Crippen LogP contribution in [0.25, 0.3) is 11.1 Å². The van der Waals surface area contributed by atoms with Gasteiger partial charge in [0, 0.05) is 12.6 Å². The van der Waals surface area contributed by atoms with Gasteiger partial charge in [0.05, 0.1) is 43.3 Å². The summed E-state index contributed by atoms with van der Waals surface area (Å²) >= 11 is 0. The Hall–Kier alpha value is -5.90. The zero-order valence-electron chi connectivity index (χ0n) is 41.6. The number of carbonyl (C=O) groups excluding carboxylic acids is 8. The van der Waals surface area contributed by atoms with E-state index in [1.165, 1.54) is 33.4 Å². The van der Waals surface area contributed by atoms with Crippen LogP contribution in [0.5, 0.6) is 0 Å². The van der Waals surface area contributed by atoms with Crippen molar-refractivity contribution in [2.75, 3.05) is 20.2 Å². The second-order valence-corrected chi connectivity index (χ2v) is 19.8. The van der Waals surface area contributed by atoms with Crippen LogP contribution in [0.2, 0.25) is 0 Å². The van der Waals surface area contributed by atoms with E-state index in [-0.39, 0.29) is 23.0 Å². The Morgan fingerprint density at radius 3 is 1.94 bits per heavy atom. The maximum Gasteiger partial charge on any atom is 0.481 e. The summed E-state index contributed by atoms with van der Waals surface area (Å²) in [6.07, 6.45) is 2.89. The average Bonchev–Trinajstić information content (AvgIpc) is 3.68. The minimum absolute atomic E-state index is 0.104. The van der Waals surface area contributed by atoms with E-state index in [0.29, 0.717) is 5.92 Å². The molecular weight excluding hydrogens is 903 g/mol. The number of benzene rings is 2. The molecule has 20 nitrogen and oxygen atoms in total. The molecule has 70 heavy (non-hydrogen) atoms. The molecule has 2 aromatic rings. The normalized spacial score (nSPS) is 22.7. The minimum Gasteiger partial charge on any atom is -0.404 e. The molecule has 10 N–H and O–H groups in total. The number of nitrogens with zero attached hydrogens (tertiary/aromatic N) is 1. The molecule has 2 bridgehead atoms. The third kappa shape index (κ3) is 12.9. The summed E-state index contributed by atoms with van der Waals surface area (Å²) in [7, 11) is 0.415. The first kappa shape index (κ1) is 55.0. The van der Waals surface area contributed by atoms with Gasteiger partial charge in [-0.2, -0.15) is 0 Å². The highest BCUT2D eigenvalue weighted by molar-refractivity contribution is 6.47. The minimum atomic E-state index is -1.57. The van der Waals surface area contributed by atoms with E-state index in [0.717, 1.165) is 48.1 Å². The molecule has 0 aromatic heterocycles. The molecule has 21 heteroatoms. The SMILES string of the molecule is CCCCc1ccc(-c2ccc(C(=O)N[C@H](CO)C(=O)N[C@H](C)C(=O)NCC(=O)N(C)[C@H](C(=O)N[C@@H](C)C(=O)N[C@@H](CC(N)=O)C(=O)N[C@@H](C)B3OC4C[C@@H]5C[C@@H](C5(C)C)[C@]4(C)O3)[C@@H](C)O)cc2)cc1. The van der Waals surface area contributed by atoms with Crippen LogP contribution in [-0.4, -0.2) is 144 Å². The second-order valence-electron chi connectivity index (χ2n) is 19.8. The summed E-state index contributed by atoms with van der Waals surface area (Å²) in [5.41, 5.74) is 8.34. The molecule has 382 valence electrons. The number of primary amides is 1. The number of unbranched alkanes of at least 4 members (excludes halogenated alkanes) is 1. The van der Waals surface area contributed by atoms with Crippen molar-refractivity contribution in [1.82, 2.24) is 36.8 Å². The summed E-state index contributed by atoms with van der Waals surface area (Å²) in [4.78, 5) is 105. The predicted molar refractivity (Wildman–Crippen MR) is 259 cm³/mol. The predicted octanol–water partition coefficient (Wildman–Crippen LogP) is 0.253. The summed E-state index contributed by atoms with van der Waals surface area (Å²) in [6.45, 7) is 12.7. The van der Waals surface area contributed by atoms with Gasteiger partial charge in [0.25, 0.3) is 5.91 Å². The molecule has 1 saturated heterocycles. The molecule has 3 aliphatic carbocycles. The summed E-state index contributed by atoms with van der Waals surface area (Å²) in [6, 6.07) is 7.89. The molecule has 1 heterocycles. The Morgan fingerprint density at radius 2 is 1.37 bits per heavy atom. The fourth-order valence-electron chi connectivity index (χ4n) is 9.77. The standard InChI is InChI=1S/C49H71BN8O12/c1-10-11-12-30-13-15-31(16-14-30)32-17-19-33(20-18-32)44(65)57-36(25-59)46(67)53-26(2)42(63)52-24-40(62)58(9)41(28(4)60)47(68)54-27(3)43(64)56-35(23-39(51)61)45(66)55-29(5)50-69-38-22-34-21-37(48(34,6)7)49(38,8)70-50/h13-20,26-29,34-38,41,59-60H,10-12,21-25H2,1-9H3,(H2,51,61)(H,52,63)(H,53,67)(H,54,68)(H,55,66)(H,56,64)(H,57,65)/t26-,27+,28-,29+,34+,35+,36-,37+,38?,41+,49+/m1/s1. The fourth-order valence-corrected chi connectivity index (χ4v) is 9.77. The van der Waals surface area contributed by atoms with Crippen molar-refractivity contribution < 1.29 is 57.9 Å². The van der Waals surface area contributed by atoms with Gasteiger partial charge in [-0.15, -0.1) is 0 Å². The van der Waals surface area contributed by atoms with Crippen molar-refractivity contribution in [3.05, 3.63) is 59.7 Å². The number of likely N-dealkylation sites (N-methyl/N-ethyl adjacent to an activating group) is 1. The number of hydrogen-bond acceptors (Lipinski definition) is 12. The number of aliphatic hydroxyl groups excluding tert-OH is 2. The molecule has 1 aliphatic heterocycles. The molecule has 4 aliphatic rings. The van der Waals surface area contributed by atoms with Crippen molar-refractivity contribution in [2.45, 2.75) is 148 Å². The summed E-state index contributed by atoms with van der Waals surface area (Å²) in [5, 5.41) is 35.3. The van der Waals surface area contributed by atoms with Crippen molar-refractivity contribution in [1.29, 1.82) is 0 Å². The van der Waals surface area contributed by atoms with Gasteiger partial charge in [-0.25, -0.2) is 0 Å². The van der Waals surface area contributed by atoms with Gasteiger partial charge in [0.1, 0.15) is 30.2 Å². The first-order valence-corrected chi connectivity index (χ1v) is 24.1. The van der Waals surface area contributed by atoms with Crippen LogP contribution in [0.1, 0.15) is 103 Å². The number of rotatable bonds is 23. The maximum atomic E-state index is 13.5. The van der Waals surface area contributed by atoms with Gasteiger partial charge < -0.3 is 62.1 Å². The molecule has 6 rings (SSSR count). The van der Waals surface area contributed by atoms with Gasteiger partial charge in [-0.3, -0.25) is 38.4 Å². The topological polar surface area (TPSA) is 297 Å². The third-order valence-electron chi connectivity index (χ3n) is 14.3. The molecule has 11 atom stereocenters. The molecule has 0 spiro atoms. The lowest BCUT2D eigenvalue weighted by Gasteiger charge is -2.64. The van der Waals surface area contributed by atoms with Crippen molar-refractivity contribution >= 4 is 54.4 Å². The molecule has 8 amide bonds. The Kier molecular flexibility index (Phi) is 18.4. The monoisotopic (exact) mass is 975 g/mol. The van der Waals surface area contributed by atoms with Crippen LogP contribution in [0.4, 0.5) is 0 Å². The number of aryl methyl sites for hydroxylation is 1. The molecule has 2 aromatic carbocycles. The largest absolute Gasteiger partial charge is 0.481 e. The first-order valence-electron chi connectivity index (χ1n) is 24.1. The van der Waals surface area contributed by atoms with E-state index in [2.05, 4.69) is 64.8 Å². The lowest BCUT2D eigenvalue weighted by molar-refractivity contribution is -0.199. The molecular formula is C49H71BN8O12. The Morgan fingerprint density at radius 1 is 0.786 bits per heavy atom. The van der Waals surface area contributed by atoms with Crippen molar-refractivity contribution in [3.8, 4) is 11.1 Å². The van der Waals surface area contributed by atoms with Crippen LogP contribution < -0.4 is 37.6 Å². The quantitative estimate of drug-likeness (QED) is 0.0678. The van der Waals surface area contributed by atoms with Crippen LogP contribution in [0.3, 0.4) is 0 Å². The van der Waals surface area contributed by atoms with Crippen molar-refractivity contribution in [3.63, 3.8) is 0 Å². The average molecular weight is 975 g/mol. The van der Waals surface area contributed by atoms with E-state index in [1.807, 2.05) is 19.1 Å². The van der Waals surface area contributed by atoms with Crippen molar-refractivity contribution in [2.24, 2.45) is 23.0 Å². The highest BCUT2D eigenvalue weighted by Gasteiger charge is 2.68. The smallest absolute Gasteiger partial charge is 0.404 e. The van der Waals surface area contributed by atoms with Gasteiger partial charge in [-0.1, -0.05) is 63.6 Å². The molecule has 3 saturated carbocycles. The third-order valence-corrected chi connectivity index (χ3v) is 14.3. The lowest BCUT2D eigenvalue weighted by atomic mass is 9.43. The van der Waals surface area contributed by atoms with E-state index in [4.69, 9.17) is 15.0 Å². The number of carbonyl (C=O) groups is 8. The van der Waals surface area contributed by atoms with Crippen LogP contribution in [0.15, 0.2) is 48.5 Å². The lowest BCUT2D eigenvalue weighted by Crippen LogP contribution is -2.65. The Labute approximate surface area is 409 Å². The molecule has 4 fully saturated rings. The number of amides is 8. The molecule has 1 unspecified atom stereocenters. The highest BCUT2D eigenvalue weighted by atomic mass is 16.7. The van der Waals surface area contributed by atoms with Gasteiger partial charge >= 0.3 is 7.12 Å². The van der Waals surface area contributed by atoms with E-state index >= 15 is 0 Å². The van der Waals surface area contributed by atoms with Gasteiger partial charge in [0.15, 0.2) is 0 Å². The first-order chi connectivity index (χ1) is 32.9. The zero-order chi connectivity index (χ0) is 51.8. The Bertz CT molecular complexity index is 2250. The number of nitrogens with one attached hydrogen (secondary N) is 6. The number of nitrogens with two attached hydrogens (primary N) is 1. The highest BCUT2D eigenvalue weighted by Crippen LogP contribution is 2.65. The number of hydrogen-bond donors (Lipinski definition) is 9. The van der Waals surface area contributed by atoms with Gasteiger partial charge in [0.2, 0.25) is 41.4 Å². The summed E-state index contributed by atoms with van der Waals surface area (Å²) < 4.78 is 12.7. The Balaban J connectivity index is 1.07. The van der Waals surface area contributed by atoms with E-state index in [9.17, 15) is 48.6 Å². The number of aliphatic hydroxyl groups is 2. The van der Waals surface area contributed by atoms with Crippen LogP contribution >= 0.6 is 0 Å². The van der Waals surface area contributed by atoms with Crippen LogP contribution in [0, 0.1) is 17.3 Å². The van der Waals surface area contributed by atoms with E-state index in [1.54, 1.807) is 31.2 Å². The van der Waals surface area contributed by atoms with Crippen LogP contribution in [-0.2, 0) is 49.3 Å². The van der Waals surface area contributed by atoms with Gasteiger partial charge in [-0.05, 0) is 106 Å². The summed E-state index contributed by atoms with van der Waals surface area (Å²) in [5.74, 6) is -6.51. The fraction of sp³-hybridized carbons (Fsp3) is 0.592. The maximum absolute atomic E-state index is 13.5.